The molecule has 0 bridgehead atoms. The average Bonchev–Trinajstić information content (AvgIpc) is 2.17. The van der Waals surface area contributed by atoms with E-state index in [1.807, 2.05) is 0 Å². The molecule has 0 spiro atoms. The van der Waals surface area contributed by atoms with Gasteiger partial charge in [-0.3, -0.25) is 0 Å². The number of benzene rings is 1. The Kier molecular flexibility index (Phi) is 4.62. The van der Waals surface area contributed by atoms with Crippen LogP contribution < -0.4 is 5.73 Å². The van der Waals surface area contributed by atoms with Gasteiger partial charge in [0, 0.05) is 12.3 Å². The summed E-state index contributed by atoms with van der Waals surface area (Å²) in [6.45, 7) is 0. The maximum absolute atomic E-state index is 11.0. The molecule has 0 saturated heterocycles. The van der Waals surface area contributed by atoms with Crippen LogP contribution in [0.1, 0.15) is 18.0 Å². The van der Waals surface area contributed by atoms with Crippen molar-refractivity contribution in [1.29, 1.82) is 0 Å². The summed E-state index contributed by atoms with van der Waals surface area (Å²) in [5, 5.41) is 0.819. The Labute approximate surface area is 105 Å². The summed E-state index contributed by atoms with van der Waals surface area (Å²) in [6, 6.07) is 4.74. The summed E-state index contributed by atoms with van der Waals surface area (Å²) in [7, 11) is -3.01. The number of hydrogen-bond donors (Lipinski definition) is 1. The van der Waals surface area contributed by atoms with Crippen LogP contribution in [0.25, 0.3) is 0 Å². The van der Waals surface area contributed by atoms with Crippen LogP contribution in [-0.4, -0.2) is 20.4 Å². The molecule has 0 heterocycles. The van der Waals surface area contributed by atoms with Gasteiger partial charge >= 0.3 is 0 Å². The quantitative estimate of drug-likeness (QED) is 0.922. The zero-order valence-corrected chi connectivity index (χ0v) is 11.1. The minimum absolute atomic E-state index is 0.0387. The molecule has 1 aromatic carbocycles. The van der Waals surface area contributed by atoms with Crippen molar-refractivity contribution in [2.45, 2.75) is 12.5 Å². The van der Waals surface area contributed by atoms with Crippen molar-refractivity contribution in [3.8, 4) is 0 Å². The predicted octanol–water partition coefficient (Wildman–Crippen LogP) is 2.43. The van der Waals surface area contributed by atoms with E-state index in [-0.39, 0.29) is 5.75 Å². The van der Waals surface area contributed by atoms with Gasteiger partial charge in [0.05, 0.1) is 15.8 Å². The molecular weight excluding hydrogens is 269 g/mol. The van der Waals surface area contributed by atoms with E-state index in [0.29, 0.717) is 22.0 Å². The lowest BCUT2D eigenvalue weighted by atomic mass is 10.1. The van der Waals surface area contributed by atoms with Crippen molar-refractivity contribution in [1.82, 2.24) is 0 Å². The van der Waals surface area contributed by atoms with Crippen LogP contribution in [-0.2, 0) is 9.84 Å². The molecule has 0 aliphatic rings. The van der Waals surface area contributed by atoms with Gasteiger partial charge in [0.15, 0.2) is 0 Å². The third-order valence-electron chi connectivity index (χ3n) is 2.18. The van der Waals surface area contributed by atoms with Gasteiger partial charge in [0.1, 0.15) is 9.84 Å². The van der Waals surface area contributed by atoms with E-state index >= 15 is 0 Å². The Balaban J connectivity index is 2.81. The van der Waals surface area contributed by atoms with E-state index in [2.05, 4.69) is 0 Å². The molecular formula is C10H13Cl2NO2S. The van der Waals surface area contributed by atoms with Crippen LogP contribution in [0.4, 0.5) is 0 Å². The van der Waals surface area contributed by atoms with Gasteiger partial charge in [0.2, 0.25) is 0 Å². The van der Waals surface area contributed by atoms with Gasteiger partial charge in [-0.2, -0.15) is 0 Å². The molecule has 6 heteroatoms. The first kappa shape index (κ1) is 13.8. The minimum Gasteiger partial charge on any atom is -0.324 e. The largest absolute Gasteiger partial charge is 0.324 e. The fourth-order valence-corrected chi connectivity index (χ4v) is 2.43. The molecule has 0 aliphatic heterocycles. The molecule has 1 aromatic rings. The fourth-order valence-electron chi connectivity index (χ4n) is 1.30. The molecule has 0 aliphatic carbocycles. The number of halogens is 2. The van der Waals surface area contributed by atoms with Gasteiger partial charge < -0.3 is 5.73 Å². The van der Waals surface area contributed by atoms with Crippen molar-refractivity contribution in [2.24, 2.45) is 5.73 Å². The molecule has 0 aromatic heterocycles. The summed E-state index contributed by atoms with van der Waals surface area (Å²) in [5.74, 6) is 0.0387. The van der Waals surface area contributed by atoms with Crippen molar-refractivity contribution in [3.05, 3.63) is 33.8 Å². The number of sulfone groups is 1. The minimum atomic E-state index is -3.01. The van der Waals surface area contributed by atoms with Crippen molar-refractivity contribution in [3.63, 3.8) is 0 Å². The molecule has 1 atom stereocenters. The highest BCUT2D eigenvalue weighted by molar-refractivity contribution is 7.90. The number of rotatable bonds is 4. The summed E-state index contributed by atoms with van der Waals surface area (Å²) in [6.07, 6.45) is 1.51. The molecule has 0 saturated carbocycles. The SMILES string of the molecule is CS(=O)(=O)CCC(N)c1cccc(Cl)c1Cl. The zero-order chi connectivity index (χ0) is 12.3. The Morgan fingerprint density at radius 1 is 1.38 bits per heavy atom. The molecule has 1 unspecified atom stereocenters. The molecule has 0 fully saturated rings. The van der Waals surface area contributed by atoms with E-state index in [0.717, 1.165) is 0 Å². The average molecular weight is 282 g/mol. The zero-order valence-electron chi connectivity index (χ0n) is 8.78. The first-order valence-corrected chi connectivity index (χ1v) is 7.50. The predicted molar refractivity (Wildman–Crippen MR) is 67.7 cm³/mol. The smallest absolute Gasteiger partial charge is 0.147 e. The third kappa shape index (κ3) is 3.94. The second-order valence-corrected chi connectivity index (χ2v) is 6.71. The number of nitrogens with two attached hydrogens (primary N) is 1. The first-order valence-electron chi connectivity index (χ1n) is 4.68. The monoisotopic (exact) mass is 281 g/mol. The van der Waals surface area contributed by atoms with E-state index in [4.69, 9.17) is 28.9 Å². The van der Waals surface area contributed by atoms with Gasteiger partial charge in [-0.15, -0.1) is 0 Å². The van der Waals surface area contributed by atoms with E-state index in [1.165, 1.54) is 6.26 Å². The van der Waals surface area contributed by atoms with Crippen molar-refractivity contribution < 1.29 is 8.42 Å². The third-order valence-corrected chi connectivity index (χ3v) is 3.99. The maximum atomic E-state index is 11.0. The van der Waals surface area contributed by atoms with Gasteiger partial charge in [0.25, 0.3) is 0 Å². The van der Waals surface area contributed by atoms with Crippen LogP contribution in [0.2, 0.25) is 10.0 Å². The first-order chi connectivity index (χ1) is 7.31. The van der Waals surface area contributed by atoms with E-state index in [9.17, 15) is 8.42 Å². The standard InChI is InChI=1S/C10H13Cl2NO2S/c1-16(14,15)6-5-9(13)7-3-2-4-8(11)10(7)12/h2-4,9H,5-6,13H2,1H3. The lowest BCUT2D eigenvalue weighted by Crippen LogP contribution is -2.16. The second kappa shape index (κ2) is 5.36. The number of hydrogen-bond acceptors (Lipinski definition) is 3. The highest BCUT2D eigenvalue weighted by Gasteiger charge is 2.14. The molecule has 16 heavy (non-hydrogen) atoms. The summed E-state index contributed by atoms with van der Waals surface area (Å²) >= 11 is 11.8. The molecule has 3 nitrogen and oxygen atoms in total. The van der Waals surface area contributed by atoms with Crippen LogP contribution in [0.3, 0.4) is 0 Å². The summed E-state index contributed by atoms with van der Waals surface area (Å²) in [4.78, 5) is 0. The van der Waals surface area contributed by atoms with E-state index in [1.54, 1.807) is 18.2 Å². The Bertz CT molecular complexity index is 474. The molecule has 1 rings (SSSR count). The Morgan fingerprint density at radius 2 is 2.00 bits per heavy atom. The van der Waals surface area contributed by atoms with Crippen LogP contribution >= 0.6 is 23.2 Å². The highest BCUT2D eigenvalue weighted by Crippen LogP contribution is 2.30. The van der Waals surface area contributed by atoms with Gasteiger partial charge in [-0.05, 0) is 18.1 Å². The summed E-state index contributed by atoms with van der Waals surface area (Å²) in [5.41, 5.74) is 6.54. The molecule has 2 N–H and O–H groups in total. The second-order valence-electron chi connectivity index (χ2n) is 3.67. The van der Waals surface area contributed by atoms with Crippen molar-refractivity contribution in [2.75, 3.05) is 12.0 Å². The highest BCUT2D eigenvalue weighted by atomic mass is 35.5. The topological polar surface area (TPSA) is 60.2 Å². The maximum Gasteiger partial charge on any atom is 0.147 e. The van der Waals surface area contributed by atoms with Crippen molar-refractivity contribution >= 4 is 33.0 Å². The lowest BCUT2D eigenvalue weighted by molar-refractivity contribution is 0.592. The van der Waals surface area contributed by atoms with Crippen LogP contribution in [0.5, 0.6) is 0 Å². The molecule has 0 radical (unpaired) electrons. The lowest BCUT2D eigenvalue weighted by Gasteiger charge is -2.13. The molecule has 0 amide bonds. The normalized spacial score (nSPS) is 13.8. The fraction of sp³-hybridized carbons (Fsp3) is 0.400. The Morgan fingerprint density at radius 3 is 2.56 bits per heavy atom. The van der Waals surface area contributed by atoms with Gasteiger partial charge in [-0.25, -0.2) is 8.42 Å². The molecule has 90 valence electrons. The van der Waals surface area contributed by atoms with Crippen LogP contribution in [0.15, 0.2) is 18.2 Å². The van der Waals surface area contributed by atoms with E-state index < -0.39 is 15.9 Å². The van der Waals surface area contributed by atoms with Gasteiger partial charge in [-0.1, -0.05) is 35.3 Å². The summed E-state index contributed by atoms with van der Waals surface area (Å²) < 4.78 is 22.0. The Hall–Kier alpha value is -0.290. The van der Waals surface area contributed by atoms with Crippen LogP contribution in [0, 0.1) is 0 Å².